The Kier molecular flexibility index (Phi) is 3.65. The van der Waals surface area contributed by atoms with Gasteiger partial charge >= 0.3 is 5.97 Å². The molecule has 0 unspecified atom stereocenters. The Morgan fingerprint density at radius 1 is 1.50 bits per heavy atom. The van der Waals surface area contributed by atoms with Crippen molar-refractivity contribution < 1.29 is 9.90 Å². The zero-order valence-electron chi connectivity index (χ0n) is 8.23. The van der Waals surface area contributed by atoms with E-state index in [0.29, 0.717) is 6.42 Å². The van der Waals surface area contributed by atoms with Gasteiger partial charge in [-0.05, 0) is 30.9 Å². The van der Waals surface area contributed by atoms with Gasteiger partial charge in [-0.2, -0.15) is 0 Å². The molecule has 3 nitrogen and oxygen atoms in total. The molecule has 0 radical (unpaired) electrons. The molecular formula is C11H15NO2. The number of carboxylic acid groups (broad SMARTS) is 1. The molecule has 0 aliphatic carbocycles. The van der Waals surface area contributed by atoms with Crippen molar-refractivity contribution in [2.45, 2.75) is 25.8 Å². The Labute approximate surface area is 83.6 Å². The monoisotopic (exact) mass is 193 g/mol. The summed E-state index contributed by atoms with van der Waals surface area (Å²) in [7, 11) is 0. The van der Waals surface area contributed by atoms with Crippen molar-refractivity contribution in [2.75, 3.05) is 0 Å². The summed E-state index contributed by atoms with van der Waals surface area (Å²) >= 11 is 0. The van der Waals surface area contributed by atoms with Gasteiger partial charge in [-0.1, -0.05) is 24.3 Å². The first-order valence-electron chi connectivity index (χ1n) is 4.64. The van der Waals surface area contributed by atoms with Crippen molar-refractivity contribution in [3.05, 3.63) is 35.4 Å². The zero-order valence-corrected chi connectivity index (χ0v) is 8.23. The summed E-state index contributed by atoms with van der Waals surface area (Å²) in [6, 6.07) is 7.19. The number of aryl methyl sites for hydroxylation is 2. The molecule has 0 aromatic heterocycles. The quantitative estimate of drug-likeness (QED) is 0.758. The van der Waals surface area contributed by atoms with Gasteiger partial charge in [-0.25, -0.2) is 0 Å². The van der Waals surface area contributed by atoms with Crippen molar-refractivity contribution in [3.63, 3.8) is 0 Å². The van der Waals surface area contributed by atoms with Gasteiger partial charge in [0.1, 0.15) is 6.04 Å². The van der Waals surface area contributed by atoms with Gasteiger partial charge in [0.2, 0.25) is 0 Å². The molecule has 0 bridgehead atoms. The molecule has 0 amide bonds. The molecule has 0 aliphatic heterocycles. The summed E-state index contributed by atoms with van der Waals surface area (Å²) in [5, 5.41) is 8.60. The van der Waals surface area contributed by atoms with Crippen LogP contribution in [0.1, 0.15) is 17.5 Å². The zero-order chi connectivity index (χ0) is 10.6. The minimum Gasteiger partial charge on any atom is -0.480 e. The van der Waals surface area contributed by atoms with Gasteiger partial charge in [-0.3, -0.25) is 4.79 Å². The highest BCUT2D eigenvalue weighted by Gasteiger charge is 2.11. The highest BCUT2D eigenvalue weighted by Crippen LogP contribution is 2.10. The molecule has 0 heterocycles. The Morgan fingerprint density at radius 2 is 2.14 bits per heavy atom. The van der Waals surface area contributed by atoms with Gasteiger partial charge < -0.3 is 10.8 Å². The van der Waals surface area contributed by atoms with Crippen LogP contribution in [0.3, 0.4) is 0 Å². The van der Waals surface area contributed by atoms with E-state index >= 15 is 0 Å². The number of nitrogens with two attached hydrogens (primary N) is 1. The molecular weight excluding hydrogens is 178 g/mol. The second-order valence-electron chi connectivity index (χ2n) is 3.41. The van der Waals surface area contributed by atoms with Crippen molar-refractivity contribution in [2.24, 2.45) is 5.73 Å². The van der Waals surface area contributed by atoms with Gasteiger partial charge in [0.15, 0.2) is 0 Å². The summed E-state index contributed by atoms with van der Waals surface area (Å²) in [4.78, 5) is 10.5. The third-order valence-corrected chi connectivity index (χ3v) is 2.30. The first-order valence-corrected chi connectivity index (χ1v) is 4.64. The molecule has 0 saturated heterocycles. The van der Waals surface area contributed by atoms with Crippen LogP contribution < -0.4 is 5.73 Å². The number of aliphatic carboxylic acids is 1. The number of hydrogen-bond acceptors (Lipinski definition) is 2. The fraction of sp³-hybridized carbons (Fsp3) is 0.364. The van der Waals surface area contributed by atoms with E-state index in [1.807, 2.05) is 31.2 Å². The maximum absolute atomic E-state index is 10.5. The smallest absolute Gasteiger partial charge is 0.320 e. The number of benzene rings is 1. The molecule has 76 valence electrons. The van der Waals surface area contributed by atoms with Gasteiger partial charge in [0.05, 0.1) is 0 Å². The minimum absolute atomic E-state index is 0.486. The second-order valence-corrected chi connectivity index (χ2v) is 3.41. The first-order chi connectivity index (χ1) is 6.61. The Balaban J connectivity index is 2.54. The van der Waals surface area contributed by atoms with E-state index in [0.717, 1.165) is 6.42 Å². The van der Waals surface area contributed by atoms with Crippen molar-refractivity contribution in [3.8, 4) is 0 Å². The van der Waals surface area contributed by atoms with E-state index in [-0.39, 0.29) is 0 Å². The van der Waals surface area contributed by atoms with E-state index in [2.05, 4.69) is 0 Å². The van der Waals surface area contributed by atoms with Crippen molar-refractivity contribution >= 4 is 5.97 Å². The van der Waals surface area contributed by atoms with Crippen molar-refractivity contribution in [1.29, 1.82) is 0 Å². The molecule has 14 heavy (non-hydrogen) atoms. The fourth-order valence-electron chi connectivity index (χ4n) is 1.33. The molecule has 3 heteroatoms. The standard InChI is InChI=1S/C11H15NO2/c1-8-4-2-3-5-9(8)6-7-10(12)11(13)14/h2-5,10H,6-7,12H2,1H3,(H,13,14)/t10-/m1/s1. The summed E-state index contributed by atoms with van der Waals surface area (Å²) < 4.78 is 0. The van der Waals surface area contributed by atoms with Gasteiger partial charge in [0.25, 0.3) is 0 Å². The molecule has 0 aliphatic rings. The number of hydrogen-bond donors (Lipinski definition) is 2. The molecule has 3 N–H and O–H groups in total. The second kappa shape index (κ2) is 4.77. The highest BCUT2D eigenvalue weighted by atomic mass is 16.4. The maximum Gasteiger partial charge on any atom is 0.320 e. The van der Waals surface area contributed by atoms with Gasteiger partial charge in [0, 0.05) is 0 Å². The van der Waals surface area contributed by atoms with Crippen LogP contribution in [-0.4, -0.2) is 17.1 Å². The molecule has 1 rings (SSSR count). The maximum atomic E-state index is 10.5. The number of rotatable bonds is 4. The topological polar surface area (TPSA) is 63.3 Å². The van der Waals surface area contributed by atoms with Crippen LogP contribution in [-0.2, 0) is 11.2 Å². The lowest BCUT2D eigenvalue weighted by molar-refractivity contribution is -0.138. The van der Waals surface area contributed by atoms with Gasteiger partial charge in [-0.15, -0.1) is 0 Å². The van der Waals surface area contributed by atoms with Crippen LogP contribution in [0, 0.1) is 6.92 Å². The average molecular weight is 193 g/mol. The number of carbonyl (C=O) groups is 1. The van der Waals surface area contributed by atoms with Crippen LogP contribution in [0.15, 0.2) is 24.3 Å². The van der Waals surface area contributed by atoms with Crippen LogP contribution >= 0.6 is 0 Å². The average Bonchev–Trinajstić information content (AvgIpc) is 2.16. The Bertz CT molecular complexity index is 323. The lowest BCUT2D eigenvalue weighted by atomic mass is 10.0. The molecule has 1 atom stereocenters. The van der Waals surface area contributed by atoms with Crippen molar-refractivity contribution in [1.82, 2.24) is 0 Å². The third kappa shape index (κ3) is 2.85. The summed E-state index contributed by atoms with van der Waals surface area (Å²) in [5.41, 5.74) is 7.77. The predicted molar refractivity (Wildman–Crippen MR) is 55.1 cm³/mol. The first kappa shape index (κ1) is 10.7. The Hall–Kier alpha value is -1.35. The lowest BCUT2D eigenvalue weighted by Crippen LogP contribution is -2.30. The van der Waals surface area contributed by atoms with Crippen LogP contribution in [0.25, 0.3) is 0 Å². The van der Waals surface area contributed by atoms with Crippen LogP contribution in [0.4, 0.5) is 0 Å². The molecule has 0 saturated carbocycles. The van der Waals surface area contributed by atoms with E-state index in [9.17, 15) is 4.79 Å². The highest BCUT2D eigenvalue weighted by molar-refractivity contribution is 5.73. The molecule has 0 spiro atoms. The van der Waals surface area contributed by atoms with E-state index in [1.54, 1.807) is 0 Å². The summed E-state index contributed by atoms with van der Waals surface area (Å²) in [6.45, 7) is 2.02. The molecule has 1 aromatic rings. The largest absolute Gasteiger partial charge is 0.480 e. The third-order valence-electron chi connectivity index (χ3n) is 2.30. The lowest BCUT2D eigenvalue weighted by Gasteiger charge is -2.07. The van der Waals surface area contributed by atoms with Crippen LogP contribution in [0.5, 0.6) is 0 Å². The molecule has 1 aromatic carbocycles. The molecule has 0 fully saturated rings. The minimum atomic E-state index is -0.932. The fourth-order valence-corrected chi connectivity index (χ4v) is 1.33. The SMILES string of the molecule is Cc1ccccc1CC[C@@H](N)C(=O)O. The predicted octanol–water partition coefficient (Wildman–Crippen LogP) is 1.34. The van der Waals surface area contributed by atoms with Crippen LogP contribution in [0.2, 0.25) is 0 Å². The Morgan fingerprint density at radius 3 is 2.71 bits per heavy atom. The van der Waals surface area contributed by atoms with E-state index in [4.69, 9.17) is 10.8 Å². The summed E-state index contributed by atoms with van der Waals surface area (Å²) in [5.74, 6) is -0.932. The summed E-state index contributed by atoms with van der Waals surface area (Å²) in [6.07, 6.45) is 1.21. The number of carboxylic acids is 1. The normalized spacial score (nSPS) is 12.4. The van der Waals surface area contributed by atoms with E-state index < -0.39 is 12.0 Å². The van der Waals surface area contributed by atoms with E-state index in [1.165, 1.54) is 11.1 Å².